The Morgan fingerprint density at radius 2 is 0.775 bits per heavy atom. The van der Waals surface area contributed by atoms with Gasteiger partial charge in [-0.25, -0.2) is 4.57 Å². The molecular weight excluding hydrogens is 906 g/mol. The second kappa shape index (κ2) is 57.0. The van der Waals surface area contributed by atoms with Gasteiger partial charge in [-0.2, -0.15) is 0 Å². The van der Waals surface area contributed by atoms with Gasteiger partial charge in [0.05, 0.1) is 13.2 Å². The highest BCUT2D eigenvalue weighted by Gasteiger charge is 2.26. The molecular formula is C61H112NO8P. The number of carbonyl (C=O) groups excluding carboxylic acids is 2. The van der Waals surface area contributed by atoms with E-state index in [9.17, 15) is 19.0 Å². The number of hydrogen-bond acceptors (Lipinski definition) is 8. The molecule has 0 aromatic heterocycles. The molecule has 0 radical (unpaired) electrons. The molecule has 0 aromatic rings. The summed E-state index contributed by atoms with van der Waals surface area (Å²) in [6, 6.07) is 0. The molecule has 2 unspecified atom stereocenters. The SMILES string of the molecule is CC/C=C\C/C=C\C/C=C\C/C=C\C/C=C\CCCCCCCCCCCCCCCCCC(=O)OC(COC(=O)CCCCCCCCCCCCCCCCCCCCC)COP(=O)(O)OCCN. The zero-order chi connectivity index (χ0) is 51.7. The van der Waals surface area contributed by atoms with Gasteiger partial charge in [-0.15, -0.1) is 0 Å². The van der Waals surface area contributed by atoms with E-state index in [1.54, 1.807) is 0 Å². The van der Waals surface area contributed by atoms with E-state index in [1.165, 1.54) is 180 Å². The van der Waals surface area contributed by atoms with Gasteiger partial charge < -0.3 is 20.1 Å². The molecule has 0 amide bonds. The van der Waals surface area contributed by atoms with Crippen molar-refractivity contribution in [1.29, 1.82) is 0 Å². The first-order valence-corrected chi connectivity index (χ1v) is 31.3. The van der Waals surface area contributed by atoms with Crippen LogP contribution in [0.5, 0.6) is 0 Å². The van der Waals surface area contributed by atoms with Crippen LogP contribution in [0.25, 0.3) is 0 Å². The number of nitrogens with two attached hydrogens (primary N) is 1. The van der Waals surface area contributed by atoms with Crippen LogP contribution in [0.1, 0.15) is 284 Å². The van der Waals surface area contributed by atoms with Crippen molar-refractivity contribution in [2.24, 2.45) is 5.73 Å². The molecule has 0 spiro atoms. The van der Waals surface area contributed by atoms with Gasteiger partial charge in [0, 0.05) is 19.4 Å². The van der Waals surface area contributed by atoms with E-state index in [-0.39, 0.29) is 38.6 Å². The molecule has 2 atom stereocenters. The zero-order valence-electron chi connectivity index (χ0n) is 46.2. The number of hydrogen-bond donors (Lipinski definition) is 2. The summed E-state index contributed by atoms with van der Waals surface area (Å²) in [6.07, 6.45) is 71.4. The molecule has 0 saturated heterocycles. The number of phosphoric acid groups is 1. The van der Waals surface area contributed by atoms with Crippen LogP contribution in [0.2, 0.25) is 0 Å². The highest BCUT2D eigenvalue weighted by atomic mass is 31.2. The summed E-state index contributed by atoms with van der Waals surface area (Å²) in [5, 5.41) is 0. The molecule has 0 aliphatic rings. The number of rotatable bonds is 56. The van der Waals surface area contributed by atoms with Crippen LogP contribution in [0.3, 0.4) is 0 Å². The van der Waals surface area contributed by atoms with E-state index in [1.807, 2.05) is 0 Å². The van der Waals surface area contributed by atoms with Crippen LogP contribution in [0.4, 0.5) is 0 Å². The topological polar surface area (TPSA) is 134 Å². The molecule has 3 N–H and O–H groups in total. The number of unbranched alkanes of at least 4 members (excludes halogenated alkanes) is 33. The van der Waals surface area contributed by atoms with Gasteiger partial charge in [-0.1, -0.05) is 274 Å². The molecule has 414 valence electrons. The van der Waals surface area contributed by atoms with E-state index >= 15 is 0 Å². The van der Waals surface area contributed by atoms with Gasteiger partial charge in [-0.05, 0) is 57.8 Å². The van der Waals surface area contributed by atoms with Gasteiger partial charge in [0.25, 0.3) is 0 Å². The maximum absolute atomic E-state index is 12.7. The second-order valence-corrected chi connectivity index (χ2v) is 21.3. The van der Waals surface area contributed by atoms with Crippen molar-refractivity contribution >= 4 is 19.8 Å². The van der Waals surface area contributed by atoms with Crippen molar-refractivity contribution in [3.05, 3.63) is 60.8 Å². The Hall–Kier alpha value is -2.29. The third kappa shape index (κ3) is 56.9. The summed E-state index contributed by atoms with van der Waals surface area (Å²) >= 11 is 0. The van der Waals surface area contributed by atoms with Crippen LogP contribution in [-0.4, -0.2) is 49.3 Å². The molecule has 0 aromatic carbocycles. The molecule has 0 saturated carbocycles. The van der Waals surface area contributed by atoms with E-state index in [0.29, 0.717) is 6.42 Å². The van der Waals surface area contributed by atoms with Crippen molar-refractivity contribution in [1.82, 2.24) is 0 Å². The van der Waals surface area contributed by atoms with Crippen molar-refractivity contribution in [3.63, 3.8) is 0 Å². The summed E-state index contributed by atoms with van der Waals surface area (Å²) in [5.41, 5.74) is 5.38. The lowest BCUT2D eigenvalue weighted by atomic mass is 10.0. The second-order valence-electron chi connectivity index (χ2n) is 19.8. The van der Waals surface area contributed by atoms with Gasteiger partial charge in [-0.3, -0.25) is 18.6 Å². The van der Waals surface area contributed by atoms with E-state index < -0.39 is 26.5 Å². The summed E-state index contributed by atoms with van der Waals surface area (Å²) in [7, 11) is -4.39. The van der Waals surface area contributed by atoms with E-state index in [4.69, 9.17) is 24.3 Å². The maximum Gasteiger partial charge on any atom is 0.472 e. The molecule has 0 fully saturated rings. The zero-order valence-corrected chi connectivity index (χ0v) is 47.1. The first kappa shape index (κ1) is 68.7. The van der Waals surface area contributed by atoms with Gasteiger partial charge >= 0.3 is 19.8 Å². The van der Waals surface area contributed by atoms with Crippen LogP contribution in [-0.2, 0) is 32.7 Å². The Labute approximate surface area is 438 Å². The summed E-state index contributed by atoms with van der Waals surface area (Å²) in [5.74, 6) is -0.815. The van der Waals surface area contributed by atoms with Crippen LogP contribution in [0.15, 0.2) is 60.8 Å². The molecule has 0 rings (SSSR count). The minimum absolute atomic E-state index is 0.0540. The Morgan fingerprint density at radius 1 is 0.437 bits per heavy atom. The van der Waals surface area contributed by atoms with Crippen molar-refractivity contribution in [2.75, 3.05) is 26.4 Å². The van der Waals surface area contributed by atoms with Crippen molar-refractivity contribution in [3.8, 4) is 0 Å². The van der Waals surface area contributed by atoms with Crippen LogP contribution in [0, 0.1) is 0 Å². The molecule has 71 heavy (non-hydrogen) atoms. The fourth-order valence-electron chi connectivity index (χ4n) is 8.55. The minimum Gasteiger partial charge on any atom is -0.462 e. The normalized spacial score (nSPS) is 13.5. The molecule has 0 heterocycles. The average Bonchev–Trinajstić information content (AvgIpc) is 3.36. The lowest BCUT2D eigenvalue weighted by molar-refractivity contribution is -0.161. The molecule has 0 bridgehead atoms. The fourth-order valence-corrected chi connectivity index (χ4v) is 9.31. The number of phosphoric ester groups is 1. The van der Waals surface area contributed by atoms with E-state index in [2.05, 4.69) is 74.6 Å². The van der Waals surface area contributed by atoms with Gasteiger partial charge in [0.2, 0.25) is 0 Å². The largest absolute Gasteiger partial charge is 0.472 e. The molecule has 0 aliphatic carbocycles. The smallest absolute Gasteiger partial charge is 0.462 e. The lowest BCUT2D eigenvalue weighted by Crippen LogP contribution is -2.29. The van der Waals surface area contributed by atoms with E-state index in [0.717, 1.165) is 70.6 Å². The first-order chi connectivity index (χ1) is 34.8. The number of carbonyl (C=O) groups is 2. The molecule has 10 heteroatoms. The van der Waals surface area contributed by atoms with Crippen molar-refractivity contribution in [2.45, 2.75) is 290 Å². The summed E-state index contributed by atoms with van der Waals surface area (Å²) in [4.78, 5) is 35.2. The number of esters is 2. The Kier molecular flexibility index (Phi) is 55.2. The Balaban J connectivity index is 3.92. The van der Waals surface area contributed by atoms with Crippen molar-refractivity contribution < 1.29 is 37.6 Å². The summed E-state index contributed by atoms with van der Waals surface area (Å²) in [6.45, 7) is 3.67. The van der Waals surface area contributed by atoms with Crippen LogP contribution >= 0.6 is 7.82 Å². The third-order valence-electron chi connectivity index (χ3n) is 12.9. The third-order valence-corrected chi connectivity index (χ3v) is 13.9. The number of allylic oxidation sites excluding steroid dienone is 10. The van der Waals surface area contributed by atoms with Gasteiger partial charge in [0.15, 0.2) is 6.10 Å². The van der Waals surface area contributed by atoms with Crippen LogP contribution < -0.4 is 5.73 Å². The Morgan fingerprint density at radius 3 is 1.15 bits per heavy atom. The molecule has 0 aliphatic heterocycles. The molecule has 9 nitrogen and oxygen atoms in total. The fraction of sp³-hybridized carbons (Fsp3) is 0.803. The Bertz CT molecular complexity index is 1350. The first-order valence-electron chi connectivity index (χ1n) is 29.8. The minimum atomic E-state index is -4.39. The average molecular weight is 1020 g/mol. The maximum atomic E-state index is 12.7. The monoisotopic (exact) mass is 1020 g/mol. The predicted octanol–water partition coefficient (Wildman–Crippen LogP) is 18.7. The lowest BCUT2D eigenvalue weighted by Gasteiger charge is -2.19. The predicted molar refractivity (Wildman–Crippen MR) is 303 cm³/mol. The summed E-state index contributed by atoms with van der Waals surface area (Å²) < 4.78 is 33.1. The highest BCUT2D eigenvalue weighted by Crippen LogP contribution is 2.43. The number of ether oxygens (including phenoxy) is 2. The van der Waals surface area contributed by atoms with Gasteiger partial charge in [0.1, 0.15) is 6.61 Å². The highest BCUT2D eigenvalue weighted by molar-refractivity contribution is 7.47. The standard InChI is InChI=1S/C61H112NO8P/c1-3-5-7-9-11-13-15-17-19-21-23-24-25-26-27-28-29-30-31-32-33-34-36-38-40-42-44-46-48-50-52-54-61(64)70-59(58-69-71(65,66)68-56-55-62)57-67-60(63)53-51-49-47-45-43-41-39-37-35-22-20-18-16-14-12-10-8-6-4-2/h5,7,11,13,17,19,23-24,26-27,59H,3-4,6,8-10,12,14-16,18,20-22,25,28-58,62H2,1-2H3,(H,65,66)/b7-5-,13-11-,19-17-,24-23-,27-26-. The quantitative estimate of drug-likeness (QED) is 0.0264.